The van der Waals surface area contributed by atoms with Gasteiger partial charge in [0.2, 0.25) is 5.91 Å². The van der Waals surface area contributed by atoms with Crippen molar-refractivity contribution in [3.05, 3.63) is 0 Å². The molecule has 0 radical (unpaired) electrons. The summed E-state index contributed by atoms with van der Waals surface area (Å²) in [5.74, 6) is -1.27. The molecule has 0 aliphatic rings. The molecule has 3 N–H and O–H groups in total. The van der Waals surface area contributed by atoms with Crippen LogP contribution >= 0.6 is 0 Å². The van der Waals surface area contributed by atoms with E-state index in [2.05, 4.69) is 15.5 Å². The van der Waals surface area contributed by atoms with Crippen LogP contribution in [0, 0.1) is 0 Å². The topological polar surface area (TPSA) is 105 Å². The summed E-state index contributed by atoms with van der Waals surface area (Å²) in [5, 5.41) is 12.6. The first-order valence-electron chi connectivity index (χ1n) is 5.52. The molecule has 0 heterocycles. The number of carbonyl (C=O) groups is 3. The number of nitrogens with one attached hydrogen (secondary N) is 2. The van der Waals surface area contributed by atoms with Crippen LogP contribution in [0.4, 0.5) is 4.79 Å². The third kappa shape index (κ3) is 9.31. The van der Waals surface area contributed by atoms with Crippen LogP contribution in [0.5, 0.6) is 0 Å². The van der Waals surface area contributed by atoms with E-state index in [-0.39, 0.29) is 19.3 Å². The van der Waals surface area contributed by atoms with Crippen molar-refractivity contribution >= 4 is 17.9 Å². The Bertz CT molecular complexity index is 267. The lowest BCUT2D eigenvalue weighted by Crippen LogP contribution is -2.39. The van der Waals surface area contributed by atoms with Gasteiger partial charge in [-0.25, -0.2) is 9.59 Å². The van der Waals surface area contributed by atoms with Gasteiger partial charge in [0.05, 0.1) is 0 Å². The first kappa shape index (κ1) is 15.4. The molecule has 0 aromatic rings. The molecule has 0 aromatic heterocycles. The number of carbonyl (C=O) groups excluding carboxylic acids is 3. The Hall–Kier alpha value is -1.63. The van der Waals surface area contributed by atoms with E-state index in [4.69, 9.17) is 5.26 Å². The molecule has 0 aliphatic heterocycles. The minimum atomic E-state index is -0.801. The molecule has 0 unspecified atom stereocenters. The van der Waals surface area contributed by atoms with Crippen molar-refractivity contribution in [3.8, 4) is 0 Å². The molecule has 0 saturated carbocycles. The minimum absolute atomic E-state index is 0.0241. The third-order valence-electron chi connectivity index (χ3n) is 1.96. The van der Waals surface area contributed by atoms with Crippen molar-refractivity contribution in [1.82, 2.24) is 10.6 Å². The average molecular weight is 246 g/mol. The lowest BCUT2D eigenvalue weighted by atomic mass is 10.2. The zero-order chi connectivity index (χ0) is 13.1. The van der Waals surface area contributed by atoms with Crippen LogP contribution in [0.25, 0.3) is 0 Å². The SMILES string of the molecule is CCCCNC(=O)NC(=O)CCCC(=O)OO. The zero-order valence-electron chi connectivity index (χ0n) is 9.82. The van der Waals surface area contributed by atoms with E-state index in [0.29, 0.717) is 6.54 Å². The highest BCUT2D eigenvalue weighted by atomic mass is 17.1. The lowest BCUT2D eigenvalue weighted by Gasteiger charge is -2.05. The van der Waals surface area contributed by atoms with Crippen LogP contribution < -0.4 is 10.6 Å². The Balaban J connectivity index is 3.57. The predicted octanol–water partition coefficient (Wildman–Crippen LogP) is 0.799. The molecule has 0 rings (SSSR count). The summed E-state index contributed by atoms with van der Waals surface area (Å²) in [7, 11) is 0. The molecule has 0 spiro atoms. The zero-order valence-corrected chi connectivity index (χ0v) is 9.82. The number of hydrogen-bond donors (Lipinski definition) is 3. The number of amides is 3. The molecule has 0 fully saturated rings. The van der Waals surface area contributed by atoms with Gasteiger partial charge in [-0.15, -0.1) is 0 Å². The third-order valence-corrected chi connectivity index (χ3v) is 1.96. The smallest absolute Gasteiger partial charge is 0.338 e. The van der Waals surface area contributed by atoms with E-state index in [1.165, 1.54) is 0 Å². The molecule has 98 valence electrons. The number of hydrogen-bond acceptors (Lipinski definition) is 5. The summed E-state index contributed by atoms with van der Waals surface area (Å²) in [5.41, 5.74) is 0. The summed E-state index contributed by atoms with van der Waals surface area (Å²) in [4.78, 5) is 36.2. The van der Waals surface area contributed by atoms with Crippen molar-refractivity contribution in [1.29, 1.82) is 0 Å². The first-order chi connectivity index (χ1) is 8.10. The highest BCUT2D eigenvalue weighted by molar-refractivity contribution is 5.94. The van der Waals surface area contributed by atoms with Gasteiger partial charge in [-0.1, -0.05) is 13.3 Å². The standard InChI is InChI=1S/C10H18N2O5/c1-2-3-7-11-10(15)12-8(13)5-4-6-9(14)17-16/h16H,2-7H2,1H3,(H2,11,12,13,15). The van der Waals surface area contributed by atoms with Gasteiger partial charge < -0.3 is 10.2 Å². The van der Waals surface area contributed by atoms with Crippen LogP contribution in [-0.2, 0) is 14.5 Å². The summed E-state index contributed by atoms with van der Waals surface area (Å²) >= 11 is 0. The van der Waals surface area contributed by atoms with E-state index < -0.39 is 17.9 Å². The number of imide groups is 1. The van der Waals surface area contributed by atoms with Crippen molar-refractivity contribution in [2.24, 2.45) is 0 Å². The Morgan fingerprint density at radius 1 is 1.18 bits per heavy atom. The largest absolute Gasteiger partial charge is 0.342 e. The quantitative estimate of drug-likeness (QED) is 0.350. The van der Waals surface area contributed by atoms with Crippen LogP contribution in [0.1, 0.15) is 39.0 Å². The second-order valence-electron chi connectivity index (χ2n) is 3.47. The van der Waals surface area contributed by atoms with E-state index in [9.17, 15) is 14.4 Å². The molecule has 0 aromatic carbocycles. The average Bonchev–Trinajstić information content (AvgIpc) is 2.29. The molecule has 0 atom stereocenters. The second-order valence-corrected chi connectivity index (χ2v) is 3.47. The molecule has 7 nitrogen and oxygen atoms in total. The number of unbranched alkanes of at least 4 members (excludes halogenated alkanes) is 1. The Morgan fingerprint density at radius 2 is 1.88 bits per heavy atom. The van der Waals surface area contributed by atoms with Gasteiger partial charge in [-0.05, 0) is 12.8 Å². The van der Waals surface area contributed by atoms with E-state index in [0.717, 1.165) is 12.8 Å². The Labute approximate surface area is 99.4 Å². The normalized spacial score (nSPS) is 9.53. The first-order valence-corrected chi connectivity index (χ1v) is 5.52. The van der Waals surface area contributed by atoms with E-state index >= 15 is 0 Å². The fraction of sp³-hybridized carbons (Fsp3) is 0.700. The van der Waals surface area contributed by atoms with Gasteiger partial charge in [-0.2, -0.15) is 5.26 Å². The molecular weight excluding hydrogens is 228 g/mol. The number of rotatable bonds is 7. The van der Waals surface area contributed by atoms with Gasteiger partial charge in [0.1, 0.15) is 0 Å². The van der Waals surface area contributed by atoms with Gasteiger partial charge >= 0.3 is 12.0 Å². The van der Waals surface area contributed by atoms with Crippen molar-refractivity contribution in [2.75, 3.05) is 6.54 Å². The highest BCUT2D eigenvalue weighted by Crippen LogP contribution is 1.96. The summed E-state index contributed by atoms with van der Waals surface area (Å²) in [6.45, 7) is 2.51. The molecule has 17 heavy (non-hydrogen) atoms. The van der Waals surface area contributed by atoms with E-state index in [1.807, 2.05) is 6.92 Å². The van der Waals surface area contributed by atoms with Gasteiger partial charge in [-0.3, -0.25) is 10.1 Å². The molecular formula is C10H18N2O5. The predicted molar refractivity (Wildman–Crippen MR) is 59.0 cm³/mol. The van der Waals surface area contributed by atoms with Gasteiger partial charge in [0, 0.05) is 19.4 Å². The summed E-state index contributed by atoms with van der Waals surface area (Å²) < 4.78 is 0. The molecule has 0 saturated heterocycles. The maximum Gasteiger partial charge on any atom is 0.342 e. The summed E-state index contributed by atoms with van der Waals surface area (Å²) in [6, 6.07) is -0.534. The number of urea groups is 1. The molecule has 0 aliphatic carbocycles. The fourth-order valence-electron chi connectivity index (χ4n) is 1.05. The second kappa shape index (κ2) is 9.59. The van der Waals surface area contributed by atoms with Crippen LogP contribution in [0.15, 0.2) is 0 Å². The minimum Gasteiger partial charge on any atom is -0.338 e. The summed E-state index contributed by atoms with van der Waals surface area (Å²) in [6.07, 6.45) is 1.98. The van der Waals surface area contributed by atoms with Crippen LogP contribution in [0.2, 0.25) is 0 Å². The van der Waals surface area contributed by atoms with Gasteiger partial charge in [0.25, 0.3) is 0 Å². The van der Waals surface area contributed by atoms with Crippen LogP contribution in [0.3, 0.4) is 0 Å². The Kier molecular flexibility index (Phi) is 8.67. The monoisotopic (exact) mass is 246 g/mol. The molecule has 7 heteroatoms. The maximum atomic E-state index is 11.2. The van der Waals surface area contributed by atoms with Gasteiger partial charge in [0.15, 0.2) is 0 Å². The fourth-order valence-corrected chi connectivity index (χ4v) is 1.05. The van der Waals surface area contributed by atoms with Crippen molar-refractivity contribution < 1.29 is 24.5 Å². The Morgan fingerprint density at radius 3 is 2.47 bits per heavy atom. The van der Waals surface area contributed by atoms with E-state index in [1.54, 1.807) is 0 Å². The van der Waals surface area contributed by atoms with Crippen molar-refractivity contribution in [2.45, 2.75) is 39.0 Å². The van der Waals surface area contributed by atoms with Crippen molar-refractivity contribution in [3.63, 3.8) is 0 Å². The molecule has 3 amide bonds. The van der Waals surface area contributed by atoms with Crippen LogP contribution in [-0.4, -0.2) is 29.7 Å². The lowest BCUT2D eigenvalue weighted by molar-refractivity contribution is -0.234. The highest BCUT2D eigenvalue weighted by Gasteiger charge is 2.08. The molecule has 0 bridgehead atoms. The maximum absolute atomic E-state index is 11.2.